The summed E-state index contributed by atoms with van der Waals surface area (Å²) >= 11 is 1.51. The highest BCUT2D eigenvalue weighted by Gasteiger charge is 2.05. The lowest BCUT2D eigenvalue weighted by Crippen LogP contribution is -1.95. The predicted molar refractivity (Wildman–Crippen MR) is 59.1 cm³/mol. The Labute approximate surface area is 88.6 Å². The van der Waals surface area contributed by atoms with E-state index in [0.29, 0.717) is 10.6 Å². The highest BCUT2D eigenvalue weighted by Crippen LogP contribution is 2.19. The first-order valence-corrected chi connectivity index (χ1v) is 6.78. The molecular formula is C10H10O2S2. The van der Waals surface area contributed by atoms with E-state index < -0.39 is 9.84 Å². The lowest BCUT2D eigenvalue weighted by atomic mass is 10.4. The molecule has 0 unspecified atom stereocenters. The predicted octanol–water partition coefficient (Wildman–Crippen LogP) is 1.82. The van der Waals surface area contributed by atoms with Crippen LogP contribution in [0.3, 0.4) is 0 Å². The van der Waals surface area contributed by atoms with Crippen LogP contribution in [0, 0.1) is 12.3 Å². The van der Waals surface area contributed by atoms with Crippen LogP contribution in [0.1, 0.15) is 0 Å². The molecule has 14 heavy (non-hydrogen) atoms. The second kappa shape index (κ2) is 4.54. The summed E-state index contributed by atoms with van der Waals surface area (Å²) < 4.78 is 22.2. The lowest BCUT2D eigenvalue weighted by Gasteiger charge is -2.00. The Morgan fingerprint density at radius 1 is 1.36 bits per heavy atom. The molecule has 0 aliphatic carbocycles. The molecule has 0 amide bonds. The minimum Gasteiger partial charge on any atom is -0.224 e. The van der Waals surface area contributed by atoms with E-state index in [-0.39, 0.29) is 0 Å². The first-order chi connectivity index (χ1) is 6.54. The van der Waals surface area contributed by atoms with E-state index >= 15 is 0 Å². The van der Waals surface area contributed by atoms with Gasteiger partial charge in [0.2, 0.25) is 0 Å². The molecule has 0 saturated heterocycles. The molecule has 2 nitrogen and oxygen atoms in total. The molecule has 0 spiro atoms. The van der Waals surface area contributed by atoms with Gasteiger partial charge in [-0.05, 0) is 24.3 Å². The molecule has 0 saturated carbocycles. The van der Waals surface area contributed by atoms with Crippen molar-refractivity contribution < 1.29 is 8.42 Å². The molecule has 0 aromatic heterocycles. The van der Waals surface area contributed by atoms with Crippen LogP contribution in [-0.4, -0.2) is 20.4 Å². The maximum atomic E-state index is 11.1. The van der Waals surface area contributed by atoms with E-state index in [1.54, 1.807) is 24.3 Å². The van der Waals surface area contributed by atoms with Gasteiger partial charge in [-0.25, -0.2) is 8.42 Å². The summed E-state index contributed by atoms with van der Waals surface area (Å²) in [6, 6.07) is 6.71. The third-order valence-corrected chi connectivity index (χ3v) is 3.62. The van der Waals surface area contributed by atoms with Gasteiger partial charge in [0, 0.05) is 11.2 Å². The number of rotatable bonds is 3. The number of hydrogen-bond acceptors (Lipinski definition) is 3. The Morgan fingerprint density at radius 2 is 1.93 bits per heavy atom. The van der Waals surface area contributed by atoms with Crippen molar-refractivity contribution in [2.45, 2.75) is 9.79 Å². The van der Waals surface area contributed by atoms with Crippen molar-refractivity contribution in [1.82, 2.24) is 0 Å². The Bertz CT molecular complexity index is 438. The molecule has 74 valence electrons. The molecule has 0 heterocycles. The molecule has 0 radical (unpaired) electrons. The molecule has 0 bridgehead atoms. The minimum absolute atomic E-state index is 0.336. The highest BCUT2D eigenvalue weighted by atomic mass is 32.2. The van der Waals surface area contributed by atoms with Crippen molar-refractivity contribution in [1.29, 1.82) is 0 Å². The Balaban J connectivity index is 2.86. The summed E-state index contributed by atoms with van der Waals surface area (Å²) in [6.45, 7) is 0. The molecule has 1 aromatic carbocycles. The first kappa shape index (κ1) is 11.2. The van der Waals surface area contributed by atoms with Crippen LogP contribution in [0.5, 0.6) is 0 Å². The zero-order valence-electron chi connectivity index (χ0n) is 7.73. The molecule has 1 aromatic rings. The van der Waals surface area contributed by atoms with Crippen LogP contribution >= 0.6 is 11.8 Å². The van der Waals surface area contributed by atoms with Crippen LogP contribution in [0.15, 0.2) is 34.1 Å². The molecular weight excluding hydrogens is 216 g/mol. The molecule has 0 aliphatic heterocycles. The minimum atomic E-state index is -3.09. The molecule has 0 atom stereocenters. The van der Waals surface area contributed by atoms with Gasteiger partial charge in [-0.2, -0.15) is 0 Å². The van der Waals surface area contributed by atoms with Gasteiger partial charge in [-0.15, -0.1) is 18.2 Å². The Hall–Kier alpha value is -0.920. The zero-order chi connectivity index (χ0) is 10.6. The maximum Gasteiger partial charge on any atom is 0.175 e. The topological polar surface area (TPSA) is 34.1 Å². The SMILES string of the molecule is C#CCSc1ccc(S(C)(=O)=O)cc1. The van der Waals surface area contributed by atoms with Gasteiger partial charge in [-0.1, -0.05) is 5.92 Å². The smallest absolute Gasteiger partial charge is 0.175 e. The first-order valence-electron chi connectivity index (χ1n) is 3.90. The molecule has 4 heteroatoms. The monoisotopic (exact) mass is 226 g/mol. The zero-order valence-corrected chi connectivity index (χ0v) is 9.36. The fraction of sp³-hybridized carbons (Fsp3) is 0.200. The molecule has 0 N–H and O–H groups in total. The summed E-state index contributed by atoms with van der Waals surface area (Å²) in [6.07, 6.45) is 6.30. The summed E-state index contributed by atoms with van der Waals surface area (Å²) in [7, 11) is -3.09. The molecule has 0 aliphatic rings. The van der Waals surface area contributed by atoms with E-state index in [9.17, 15) is 8.42 Å². The van der Waals surface area contributed by atoms with Crippen molar-refractivity contribution in [3.63, 3.8) is 0 Å². The van der Waals surface area contributed by atoms with Crippen molar-refractivity contribution in [3.8, 4) is 12.3 Å². The average Bonchev–Trinajstić information content (AvgIpc) is 2.14. The van der Waals surface area contributed by atoms with Crippen molar-refractivity contribution >= 4 is 21.6 Å². The average molecular weight is 226 g/mol. The Morgan fingerprint density at radius 3 is 2.36 bits per heavy atom. The third-order valence-electron chi connectivity index (χ3n) is 1.57. The second-order valence-electron chi connectivity index (χ2n) is 2.74. The van der Waals surface area contributed by atoms with Crippen molar-refractivity contribution in [2.75, 3.05) is 12.0 Å². The standard InChI is InChI=1S/C10H10O2S2/c1-3-8-13-9-4-6-10(7-5-9)14(2,11)12/h1,4-7H,8H2,2H3. The van der Waals surface area contributed by atoms with Gasteiger partial charge in [0.05, 0.1) is 10.6 Å². The van der Waals surface area contributed by atoms with Gasteiger partial charge in [0.15, 0.2) is 9.84 Å². The van der Waals surface area contributed by atoms with Gasteiger partial charge in [0.1, 0.15) is 0 Å². The van der Waals surface area contributed by atoms with Crippen LogP contribution in [0.2, 0.25) is 0 Å². The normalized spacial score (nSPS) is 10.9. The fourth-order valence-corrected chi connectivity index (χ4v) is 2.12. The summed E-state index contributed by atoms with van der Waals surface area (Å²) in [5.41, 5.74) is 0. The van der Waals surface area contributed by atoms with Crippen LogP contribution in [0.4, 0.5) is 0 Å². The van der Waals surface area contributed by atoms with E-state index in [1.807, 2.05) is 0 Å². The number of terminal acetylenes is 1. The fourth-order valence-electron chi connectivity index (χ4n) is 0.908. The van der Waals surface area contributed by atoms with Crippen molar-refractivity contribution in [2.24, 2.45) is 0 Å². The number of sulfone groups is 1. The number of thioether (sulfide) groups is 1. The van der Waals surface area contributed by atoms with Crippen LogP contribution in [-0.2, 0) is 9.84 Å². The second-order valence-corrected chi connectivity index (χ2v) is 5.80. The summed E-state index contributed by atoms with van der Waals surface area (Å²) in [5.74, 6) is 3.10. The maximum absolute atomic E-state index is 11.1. The molecule has 1 rings (SSSR count). The lowest BCUT2D eigenvalue weighted by molar-refractivity contribution is 0.602. The Kier molecular flexibility index (Phi) is 3.62. The van der Waals surface area contributed by atoms with Gasteiger partial charge in [-0.3, -0.25) is 0 Å². The van der Waals surface area contributed by atoms with E-state index in [0.717, 1.165) is 4.90 Å². The summed E-state index contributed by atoms with van der Waals surface area (Å²) in [5, 5.41) is 0. The molecule has 0 fully saturated rings. The van der Waals surface area contributed by atoms with Gasteiger partial charge in [0.25, 0.3) is 0 Å². The highest BCUT2D eigenvalue weighted by molar-refractivity contribution is 7.99. The van der Waals surface area contributed by atoms with Gasteiger partial charge < -0.3 is 0 Å². The van der Waals surface area contributed by atoms with Gasteiger partial charge >= 0.3 is 0 Å². The third kappa shape index (κ3) is 3.09. The van der Waals surface area contributed by atoms with E-state index in [4.69, 9.17) is 6.42 Å². The largest absolute Gasteiger partial charge is 0.224 e. The number of hydrogen-bond donors (Lipinski definition) is 0. The van der Waals surface area contributed by atoms with E-state index in [2.05, 4.69) is 5.92 Å². The van der Waals surface area contributed by atoms with Crippen LogP contribution in [0.25, 0.3) is 0 Å². The quantitative estimate of drug-likeness (QED) is 0.582. The van der Waals surface area contributed by atoms with Crippen LogP contribution < -0.4 is 0 Å². The van der Waals surface area contributed by atoms with Crippen molar-refractivity contribution in [3.05, 3.63) is 24.3 Å². The van der Waals surface area contributed by atoms with E-state index in [1.165, 1.54) is 18.0 Å². The number of benzene rings is 1. The summed E-state index contributed by atoms with van der Waals surface area (Å²) in [4.78, 5) is 1.32.